The van der Waals surface area contributed by atoms with Crippen molar-refractivity contribution in [1.29, 1.82) is 0 Å². The number of aliphatic hydroxyl groups is 1. The molecule has 13 heteroatoms. The maximum atomic E-state index is 12.7. The number of amides is 1. The molecule has 0 atom stereocenters. The molecule has 39 heavy (non-hydrogen) atoms. The first-order valence-corrected chi connectivity index (χ1v) is 12.7. The van der Waals surface area contributed by atoms with Crippen molar-refractivity contribution in [2.75, 3.05) is 19.6 Å². The molecule has 212 valence electrons. The van der Waals surface area contributed by atoms with Crippen LogP contribution >= 0.6 is 0 Å². The summed E-state index contributed by atoms with van der Waals surface area (Å²) in [6, 6.07) is 7.55. The summed E-state index contributed by atoms with van der Waals surface area (Å²) in [5.74, 6) is -4.51. The molecule has 6 N–H and O–H groups in total. The van der Waals surface area contributed by atoms with Gasteiger partial charge in [-0.2, -0.15) is 5.10 Å². The Hall–Kier alpha value is -3.97. The molecular weight excluding hydrogens is 512 g/mol. The number of carbonyl (C=O) groups excluding carboxylic acids is 1. The van der Waals surface area contributed by atoms with Gasteiger partial charge in [0.25, 0.3) is 0 Å². The Bertz CT molecular complexity index is 1140. The molecule has 2 aromatic rings. The van der Waals surface area contributed by atoms with Gasteiger partial charge in [-0.05, 0) is 37.1 Å². The topological polar surface area (TPSA) is 205 Å². The van der Waals surface area contributed by atoms with Crippen molar-refractivity contribution in [2.45, 2.75) is 63.1 Å². The second kappa shape index (κ2) is 13.2. The predicted octanol–water partition coefficient (Wildman–Crippen LogP) is 1.51. The highest BCUT2D eigenvalue weighted by atomic mass is 16.4. The Kier molecular flexibility index (Phi) is 10.0. The van der Waals surface area contributed by atoms with E-state index >= 15 is 0 Å². The van der Waals surface area contributed by atoms with E-state index in [9.17, 15) is 24.3 Å². The lowest BCUT2D eigenvalue weighted by atomic mass is 9.93. The molecule has 2 aliphatic rings. The number of aromatic amines is 1. The highest BCUT2D eigenvalue weighted by molar-refractivity contribution is 5.88. The quantitative estimate of drug-likeness (QED) is 0.266. The molecule has 0 radical (unpaired) electrons. The molecule has 1 aliphatic carbocycles. The molecule has 0 bridgehead atoms. The van der Waals surface area contributed by atoms with E-state index in [0.29, 0.717) is 19.1 Å². The van der Waals surface area contributed by atoms with Gasteiger partial charge in [0, 0.05) is 36.8 Å². The third-order valence-corrected chi connectivity index (χ3v) is 6.91. The van der Waals surface area contributed by atoms with Gasteiger partial charge in [0.05, 0.1) is 31.3 Å². The lowest BCUT2D eigenvalue weighted by Gasteiger charge is -2.40. The van der Waals surface area contributed by atoms with E-state index in [1.807, 2.05) is 18.3 Å². The highest BCUT2D eigenvalue weighted by Gasteiger charge is 2.40. The Balaban J connectivity index is 0.000000276. The largest absolute Gasteiger partial charge is 0.508 e. The lowest BCUT2D eigenvalue weighted by Crippen LogP contribution is -2.54. The summed E-state index contributed by atoms with van der Waals surface area (Å²) in [5.41, 5.74) is 0.279. The maximum Gasteiger partial charge on any atom is 0.336 e. The first-order chi connectivity index (χ1) is 18.5. The van der Waals surface area contributed by atoms with Crippen LogP contribution < -0.4 is 0 Å². The summed E-state index contributed by atoms with van der Waals surface area (Å²) < 4.78 is 0. The standard InChI is InChI=1S/C20H26N4O2.C6H8O7/c25-18-8-6-15(7-9-18)20-16(12-21-22-20)13-23-10-11-24(19(26)14-23)17-4-2-1-3-5-17;7-3(8)1-6(13,5(11)12)2-4(9)10/h6-9,12,17,25H,1-5,10-11,13-14H2,(H,21,22);13H,1-2H2,(H,7,8)(H,9,10)(H,11,12). The van der Waals surface area contributed by atoms with Crippen molar-refractivity contribution in [2.24, 2.45) is 0 Å². The van der Waals surface area contributed by atoms with Crippen molar-refractivity contribution in [3.8, 4) is 17.0 Å². The van der Waals surface area contributed by atoms with Crippen molar-refractivity contribution in [3.05, 3.63) is 36.0 Å². The normalized spacial score (nSPS) is 16.8. The van der Waals surface area contributed by atoms with Gasteiger partial charge < -0.3 is 30.4 Å². The molecule has 1 saturated heterocycles. The summed E-state index contributed by atoms with van der Waals surface area (Å²) in [6.45, 7) is 2.92. The molecule has 0 spiro atoms. The highest BCUT2D eigenvalue weighted by Crippen LogP contribution is 2.27. The van der Waals surface area contributed by atoms with E-state index in [1.54, 1.807) is 12.1 Å². The summed E-state index contributed by atoms with van der Waals surface area (Å²) in [5, 5.41) is 50.5. The summed E-state index contributed by atoms with van der Waals surface area (Å²) in [6.07, 6.45) is 5.69. The molecule has 0 unspecified atom stereocenters. The van der Waals surface area contributed by atoms with Crippen LogP contribution in [0.25, 0.3) is 11.3 Å². The number of carbonyl (C=O) groups is 4. The number of nitrogens with one attached hydrogen (secondary N) is 1. The number of rotatable bonds is 9. The number of piperazine rings is 1. The third-order valence-electron chi connectivity index (χ3n) is 6.91. The first kappa shape index (κ1) is 29.6. The number of phenolic OH excluding ortho intramolecular Hbond substituents is 1. The fraction of sp³-hybridized carbons (Fsp3) is 0.500. The number of aliphatic carboxylic acids is 3. The van der Waals surface area contributed by atoms with Gasteiger partial charge in [-0.15, -0.1) is 0 Å². The van der Waals surface area contributed by atoms with Gasteiger partial charge in [0.15, 0.2) is 5.60 Å². The van der Waals surface area contributed by atoms with Crippen molar-refractivity contribution in [1.82, 2.24) is 20.0 Å². The zero-order valence-electron chi connectivity index (χ0n) is 21.5. The van der Waals surface area contributed by atoms with Gasteiger partial charge in [0.2, 0.25) is 5.91 Å². The maximum absolute atomic E-state index is 12.7. The van der Waals surface area contributed by atoms with Crippen LogP contribution in [0.3, 0.4) is 0 Å². The molecule has 2 fully saturated rings. The molecule has 1 aliphatic heterocycles. The molecule has 13 nitrogen and oxygen atoms in total. The Morgan fingerprint density at radius 2 is 1.59 bits per heavy atom. The number of carboxylic acid groups (broad SMARTS) is 3. The van der Waals surface area contributed by atoms with Crippen LogP contribution in [-0.2, 0) is 25.7 Å². The van der Waals surface area contributed by atoms with Crippen LogP contribution in [0.4, 0.5) is 0 Å². The van der Waals surface area contributed by atoms with Gasteiger partial charge in [0.1, 0.15) is 5.75 Å². The smallest absolute Gasteiger partial charge is 0.336 e. The second-order valence-corrected chi connectivity index (χ2v) is 9.88. The Labute approximate surface area is 224 Å². The SMILES string of the molecule is O=C(O)CC(O)(CC(=O)O)C(=O)O.O=C1CN(Cc2cn[nH]c2-c2ccc(O)cc2)CCN1C1CCCCC1. The molecular formula is C26H34N4O9. The van der Waals surface area contributed by atoms with Crippen LogP contribution in [0.5, 0.6) is 5.75 Å². The fourth-order valence-corrected chi connectivity index (χ4v) is 4.91. The Morgan fingerprint density at radius 3 is 2.13 bits per heavy atom. The molecule has 1 amide bonds. The van der Waals surface area contributed by atoms with Crippen LogP contribution in [0.1, 0.15) is 50.5 Å². The minimum Gasteiger partial charge on any atom is -0.508 e. The van der Waals surface area contributed by atoms with E-state index in [0.717, 1.165) is 29.9 Å². The minimum atomic E-state index is -2.74. The van der Waals surface area contributed by atoms with E-state index in [-0.39, 0.29) is 11.7 Å². The van der Waals surface area contributed by atoms with Crippen molar-refractivity contribution < 1.29 is 44.7 Å². The fourth-order valence-electron chi connectivity index (χ4n) is 4.91. The minimum absolute atomic E-state index is 0.249. The number of nitrogens with zero attached hydrogens (tertiary/aromatic N) is 3. The molecule has 2 heterocycles. The van der Waals surface area contributed by atoms with Crippen LogP contribution in [0.15, 0.2) is 30.5 Å². The third kappa shape index (κ3) is 8.26. The number of hydrogen-bond acceptors (Lipinski definition) is 8. The molecule has 1 aromatic heterocycles. The van der Waals surface area contributed by atoms with E-state index in [2.05, 4.69) is 20.0 Å². The summed E-state index contributed by atoms with van der Waals surface area (Å²) in [4.78, 5) is 47.5. The average Bonchev–Trinajstić information content (AvgIpc) is 3.32. The van der Waals surface area contributed by atoms with Gasteiger partial charge in [-0.3, -0.25) is 24.4 Å². The monoisotopic (exact) mass is 546 g/mol. The van der Waals surface area contributed by atoms with E-state index in [4.69, 9.17) is 20.4 Å². The predicted molar refractivity (Wildman–Crippen MR) is 137 cm³/mol. The van der Waals surface area contributed by atoms with Crippen LogP contribution in [0, 0.1) is 0 Å². The zero-order chi connectivity index (χ0) is 28.6. The number of aromatic hydroxyl groups is 1. The summed E-state index contributed by atoms with van der Waals surface area (Å²) in [7, 11) is 0. The lowest BCUT2D eigenvalue weighted by molar-refractivity contribution is -0.170. The Morgan fingerprint density at radius 1 is 0.974 bits per heavy atom. The van der Waals surface area contributed by atoms with Gasteiger partial charge in [-0.25, -0.2) is 4.79 Å². The number of H-pyrrole nitrogens is 1. The summed E-state index contributed by atoms with van der Waals surface area (Å²) >= 11 is 0. The van der Waals surface area contributed by atoms with Crippen molar-refractivity contribution >= 4 is 23.8 Å². The number of hydrogen-bond donors (Lipinski definition) is 6. The van der Waals surface area contributed by atoms with E-state index < -0.39 is 36.4 Å². The number of aromatic nitrogens is 2. The van der Waals surface area contributed by atoms with Crippen LogP contribution in [0.2, 0.25) is 0 Å². The first-order valence-electron chi connectivity index (χ1n) is 12.7. The van der Waals surface area contributed by atoms with Gasteiger partial charge in [-0.1, -0.05) is 19.3 Å². The second-order valence-electron chi connectivity index (χ2n) is 9.88. The number of phenols is 1. The van der Waals surface area contributed by atoms with Crippen molar-refractivity contribution in [3.63, 3.8) is 0 Å². The number of carboxylic acids is 3. The molecule has 1 saturated carbocycles. The van der Waals surface area contributed by atoms with Gasteiger partial charge >= 0.3 is 17.9 Å². The van der Waals surface area contributed by atoms with E-state index in [1.165, 1.54) is 32.1 Å². The molecule has 4 rings (SSSR count). The van der Waals surface area contributed by atoms with Crippen LogP contribution in [-0.4, -0.2) is 101 Å². The molecule has 1 aromatic carbocycles. The number of benzene rings is 1. The average molecular weight is 547 g/mol. The zero-order valence-corrected chi connectivity index (χ0v) is 21.5.